The summed E-state index contributed by atoms with van der Waals surface area (Å²) >= 11 is 0. The Kier molecular flexibility index (Phi) is 7.01. The summed E-state index contributed by atoms with van der Waals surface area (Å²) in [5.41, 5.74) is 15.1. The van der Waals surface area contributed by atoms with Crippen LogP contribution in [0.25, 0.3) is 12.2 Å². The second kappa shape index (κ2) is 9.52. The van der Waals surface area contributed by atoms with Crippen molar-refractivity contribution in [1.82, 2.24) is 0 Å². The van der Waals surface area contributed by atoms with Crippen LogP contribution < -0.4 is 0 Å². The van der Waals surface area contributed by atoms with Crippen LogP contribution in [0.3, 0.4) is 0 Å². The fourth-order valence-corrected chi connectivity index (χ4v) is 5.98. The van der Waals surface area contributed by atoms with E-state index in [0.29, 0.717) is 35.5 Å². The lowest BCUT2D eigenvalue weighted by atomic mass is 9.81. The highest BCUT2D eigenvalue weighted by Crippen LogP contribution is 2.48. The predicted octanol–water partition coefficient (Wildman–Crippen LogP) is 10.5. The molecule has 0 heterocycles. The van der Waals surface area contributed by atoms with Crippen molar-refractivity contribution in [2.45, 2.75) is 111 Å². The van der Waals surface area contributed by atoms with Crippen molar-refractivity contribution in [3.05, 3.63) is 86.3 Å². The molecule has 0 spiro atoms. The summed E-state index contributed by atoms with van der Waals surface area (Å²) in [7, 11) is 0. The van der Waals surface area contributed by atoms with Crippen molar-refractivity contribution >= 4 is 12.2 Å². The molecule has 2 unspecified atom stereocenters. The Balaban J connectivity index is 1.67. The Morgan fingerprint density at radius 2 is 1.09 bits per heavy atom. The van der Waals surface area contributed by atoms with Gasteiger partial charge in [0.1, 0.15) is 0 Å². The standard InChI is InChI=1S/C34H45/c1-19(2)25-15-29(21(5)6)31-13-23(9)27(33(31)17-25)11-12-28-24(10)14-32-30(22(7)8)16-26(20(3)4)18-34(28)32/h11,13-22,27-28H,12H2,1-10H3. The number of fused-ring (bicyclic) bond motifs is 2. The normalized spacial score (nSPS) is 19.4. The van der Waals surface area contributed by atoms with Crippen LogP contribution >= 0.6 is 0 Å². The zero-order valence-corrected chi connectivity index (χ0v) is 23.2. The van der Waals surface area contributed by atoms with E-state index < -0.39 is 0 Å². The first-order valence-corrected chi connectivity index (χ1v) is 13.5. The molecule has 2 atom stereocenters. The molecular weight excluding hydrogens is 408 g/mol. The molecule has 34 heavy (non-hydrogen) atoms. The Morgan fingerprint density at radius 1 is 0.618 bits per heavy atom. The van der Waals surface area contributed by atoms with Gasteiger partial charge < -0.3 is 0 Å². The van der Waals surface area contributed by atoms with Crippen molar-refractivity contribution in [3.63, 3.8) is 0 Å². The van der Waals surface area contributed by atoms with Crippen LogP contribution in [-0.4, -0.2) is 0 Å². The average Bonchev–Trinajstić information content (AvgIpc) is 3.25. The Hall–Kier alpha value is -2.08. The summed E-state index contributed by atoms with van der Waals surface area (Å²) in [5, 5.41) is 0. The number of allylic oxidation sites excluding steroid dienone is 2. The van der Waals surface area contributed by atoms with Crippen molar-refractivity contribution < 1.29 is 0 Å². The number of hydrogen-bond donors (Lipinski definition) is 0. The first-order valence-electron chi connectivity index (χ1n) is 13.5. The molecule has 0 bridgehead atoms. The fraction of sp³-hybridized carbons (Fsp3) is 0.500. The molecule has 2 aliphatic rings. The number of rotatable bonds is 7. The zero-order valence-electron chi connectivity index (χ0n) is 23.2. The van der Waals surface area contributed by atoms with E-state index in [1.54, 1.807) is 5.56 Å². The maximum Gasteiger partial charge on any atom is 0.00864 e. The van der Waals surface area contributed by atoms with Gasteiger partial charge in [-0.25, -0.2) is 0 Å². The molecule has 2 aromatic carbocycles. The third kappa shape index (κ3) is 4.46. The van der Waals surface area contributed by atoms with E-state index in [1.165, 1.54) is 50.1 Å². The maximum atomic E-state index is 2.63. The molecule has 181 valence electrons. The van der Waals surface area contributed by atoms with Crippen LogP contribution in [0.1, 0.15) is 156 Å². The Bertz CT molecular complexity index is 1040. The summed E-state index contributed by atoms with van der Waals surface area (Å²) in [6, 6.07) is 9.93. The van der Waals surface area contributed by atoms with Gasteiger partial charge in [0.2, 0.25) is 0 Å². The van der Waals surface area contributed by atoms with Gasteiger partial charge in [0, 0.05) is 11.8 Å². The van der Waals surface area contributed by atoms with E-state index in [1.807, 2.05) is 0 Å². The molecule has 2 aromatic rings. The van der Waals surface area contributed by atoms with E-state index in [2.05, 4.69) is 112 Å². The van der Waals surface area contributed by atoms with E-state index >= 15 is 0 Å². The third-order valence-corrected chi connectivity index (χ3v) is 8.21. The topological polar surface area (TPSA) is 0 Å². The lowest BCUT2D eigenvalue weighted by Crippen LogP contribution is -2.07. The molecule has 0 heteroatoms. The highest BCUT2D eigenvalue weighted by atomic mass is 14.3. The SMILES string of the molecule is CC1=Cc2c(C(C)C)cc(C(C)C)cc2C1[CH]CC1C(C)=Cc2c(C(C)C)cc(C(C)C)cc21. The summed E-state index contributed by atoms with van der Waals surface area (Å²) in [4.78, 5) is 0. The molecule has 0 saturated carbocycles. The second-order valence-corrected chi connectivity index (χ2v) is 12.1. The molecule has 0 amide bonds. The van der Waals surface area contributed by atoms with Gasteiger partial charge in [0.05, 0.1) is 0 Å². The molecule has 4 rings (SSSR count). The van der Waals surface area contributed by atoms with E-state index in [9.17, 15) is 0 Å². The van der Waals surface area contributed by atoms with Crippen molar-refractivity contribution in [1.29, 1.82) is 0 Å². The van der Waals surface area contributed by atoms with Crippen LogP contribution in [0.5, 0.6) is 0 Å². The van der Waals surface area contributed by atoms with Crippen molar-refractivity contribution in [2.75, 3.05) is 0 Å². The minimum atomic E-state index is 0.431. The fourth-order valence-electron chi connectivity index (χ4n) is 5.98. The van der Waals surface area contributed by atoms with Gasteiger partial charge in [-0.3, -0.25) is 0 Å². The summed E-state index contributed by atoms with van der Waals surface area (Å²) in [6.07, 6.45) is 8.67. The summed E-state index contributed by atoms with van der Waals surface area (Å²) in [5.74, 6) is 3.15. The highest BCUT2D eigenvalue weighted by Gasteiger charge is 2.31. The molecule has 2 aliphatic carbocycles. The van der Waals surface area contributed by atoms with Gasteiger partial charge in [-0.05, 0) is 94.9 Å². The highest BCUT2D eigenvalue weighted by molar-refractivity contribution is 5.72. The van der Waals surface area contributed by atoms with Gasteiger partial charge in [0.15, 0.2) is 0 Å². The molecule has 0 fully saturated rings. The minimum Gasteiger partial charge on any atom is -0.0652 e. The second-order valence-electron chi connectivity index (χ2n) is 12.1. The molecule has 0 nitrogen and oxygen atoms in total. The van der Waals surface area contributed by atoms with Crippen LogP contribution in [0.4, 0.5) is 0 Å². The van der Waals surface area contributed by atoms with Crippen LogP contribution in [0, 0.1) is 6.42 Å². The van der Waals surface area contributed by atoms with Gasteiger partial charge in [-0.2, -0.15) is 0 Å². The van der Waals surface area contributed by atoms with E-state index in [-0.39, 0.29) is 0 Å². The van der Waals surface area contributed by atoms with Gasteiger partial charge in [-0.15, -0.1) is 0 Å². The predicted molar refractivity (Wildman–Crippen MR) is 151 cm³/mol. The zero-order chi connectivity index (χ0) is 24.9. The van der Waals surface area contributed by atoms with Crippen LogP contribution in [-0.2, 0) is 0 Å². The number of hydrogen-bond acceptors (Lipinski definition) is 0. The molecule has 0 aromatic heterocycles. The summed E-state index contributed by atoms with van der Waals surface area (Å²) < 4.78 is 0. The molecular formula is C34H45. The Labute approximate surface area is 209 Å². The van der Waals surface area contributed by atoms with Gasteiger partial charge in [0.25, 0.3) is 0 Å². The smallest absolute Gasteiger partial charge is 0.00864 e. The lowest BCUT2D eigenvalue weighted by Gasteiger charge is -2.23. The molecule has 1 radical (unpaired) electrons. The van der Waals surface area contributed by atoms with E-state index in [0.717, 1.165) is 6.42 Å². The molecule has 0 aliphatic heterocycles. The monoisotopic (exact) mass is 453 g/mol. The first-order chi connectivity index (χ1) is 16.0. The minimum absolute atomic E-state index is 0.431. The molecule has 0 saturated heterocycles. The van der Waals surface area contributed by atoms with Gasteiger partial charge in [-0.1, -0.05) is 103 Å². The largest absolute Gasteiger partial charge is 0.0652 e. The van der Waals surface area contributed by atoms with E-state index in [4.69, 9.17) is 0 Å². The number of benzene rings is 2. The molecule has 0 N–H and O–H groups in total. The third-order valence-electron chi connectivity index (χ3n) is 8.21. The quantitative estimate of drug-likeness (QED) is 0.391. The maximum absolute atomic E-state index is 2.63. The van der Waals surface area contributed by atoms with Crippen molar-refractivity contribution in [2.24, 2.45) is 0 Å². The lowest BCUT2D eigenvalue weighted by molar-refractivity contribution is 0.727. The average molecular weight is 454 g/mol. The van der Waals surface area contributed by atoms with Gasteiger partial charge >= 0.3 is 0 Å². The summed E-state index contributed by atoms with van der Waals surface area (Å²) in [6.45, 7) is 23.3. The van der Waals surface area contributed by atoms with Crippen molar-refractivity contribution in [3.8, 4) is 0 Å². The first kappa shape index (κ1) is 25.0. The van der Waals surface area contributed by atoms with Crippen LogP contribution in [0.2, 0.25) is 0 Å². The Morgan fingerprint density at radius 3 is 1.59 bits per heavy atom. The van der Waals surface area contributed by atoms with Crippen LogP contribution in [0.15, 0.2) is 35.4 Å².